The number of nitrogens with zero attached hydrogens (tertiary/aromatic N) is 2. The molecule has 0 aliphatic carbocycles. The van der Waals surface area contributed by atoms with Crippen LogP contribution in [0.25, 0.3) is 11.3 Å². The van der Waals surface area contributed by atoms with E-state index in [0.29, 0.717) is 0 Å². The van der Waals surface area contributed by atoms with Crippen LogP contribution in [-0.4, -0.2) is 10.5 Å². The zero-order valence-corrected chi connectivity index (χ0v) is 16.5. The fourth-order valence-corrected chi connectivity index (χ4v) is 4.29. The molecule has 0 radical (unpaired) electrons. The van der Waals surface area contributed by atoms with E-state index in [4.69, 9.17) is 4.42 Å². The van der Waals surface area contributed by atoms with Crippen LogP contribution in [0.3, 0.4) is 0 Å². The molecule has 0 aliphatic heterocycles. The molecule has 0 spiro atoms. The van der Waals surface area contributed by atoms with Gasteiger partial charge in [0.2, 0.25) is 0 Å². The lowest BCUT2D eigenvalue weighted by atomic mass is 10.0. The molecule has 136 valence electrons. The zero-order chi connectivity index (χ0) is 18.7. The largest absolute Gasteiger partial charge is 0.459 e. The standard InChI is InChI=1S/C21H24N2O2S/c1-5-8-18-19(16-11-10-14(3)15(4)13-16)23(6-2)21(26-18)22-20(24)17-9-7-12-25-17/h7,9-13H,5-6,8H2,1-4H3. The van der Waals surface area contributed by atoms with E-state index >= 15 is 0 Å². The average Bonchev–Trinajstić information content (AvgIpc) is 3.26. The van der Waals surface area contributed by atoms with Crippen molar-refractivity contribution < 1.29 is 9.21 Å². The molecule has 3 aromatic rings. The van der Waals surface area contributed by atoms with E-state index in [0.717, 1.165) is 24.2 Å². The third-order valence-corrected chi connectivity index (χ3v) is 5.62. The maximum Gasteiger partial charge on any atom is 0.315 e. The molecule has 0 fully saturated rings. The molecule has 4 nitrogen and oxygen atoms in total. The van der Waals surface area contributed by atoms with Crippen LogP contribution in [0.15, 0.2) is 46.0 Å². The molecule has 1 aromatic carbocycles. The second-order valence-corrected chi connectivity index (χ2v) is 7.41. The van der Waals surface area contributed by atoms with E-state index in [1.165, 1.54) is 33.5 Å². The van der Waals surface area contributed by atoms with Gasteiger partial charge in [-0.25, -0.2) is 0 Å². The third kappa shape index (κ3) is 3.58. The minimum atomic E-state index is -0.340. The van der Waals surface area contributed by atoms with E-state index in [-0.39, 0.29) is 11.7 Å². The van der Waals surface area contributed by atoms with Crippen molar-refractivity contribution in [1.29, 1.82) is 0 Å². The van der Waals surface area contributed by atoms with E-state index in [1.807, 2.05) is 0 Å². The Morgan fingerprint density at radius 3 is 2.62 bits per heavy atom. The van der Waals surface area contributed by atoms with Gasteiger partial charge in [-0.3, -0.25) is 4.79 Å². The van der Waals surface area contributed by atoms with Crippen LogP contribution in [0.5, 0.6) is 0 Å². The molecule has 5 heteroatoms. The van der Waals surface area contributed by atoms with Gasteiger partial charge in [0, 0.05) is 11.4 Å². The van der Waals surface area contributed by atoms with Crippen LogP contribution in [0, 0.1) is 13.8 Å². The molecule has 0 aliphatic rings. The van der Waals surface area contributed by atoms with Gasteiger partial charge < -0.3 is 8.98 Å². The van der Waals surface area contributed by atoms with Gasteiger partial charge in [-0.15, -0.1) is 11.3 Å². The van der Waals surface area contributed by atoms with Crippen LogP contribution in [0.2, 0.25) is 0 Å². The lowest BCUT2D eigenvalue weighted by Gasteiger charge is -2.11. The van der Waals surface area contributed by atoms with Crippen molar-refractivity contribution in [3.05, 3.63) is 63.2 Å². The number of rotatable bonds is 5. The second-order valence-electron chi connectivity index (χ2n) is 6.34. The summed E-state index contributed by atoms with van der Waals surface area (Å²) in [6.07, 6.45) is 3.51. The Morgan fingerprint density at radius 2 is 2.00 bits per heavy atom. The number of carbonyl (C=O) groups excluding carboxylic acids is 1. The van der Waals surface area contributed by atoms with Crippen molar-refractivity contribution in [2.24, 2.45) is 4.99 Å². The molecular weight excluding hydrogens is 344 g/mol. The van der Waals surface area contributed by atoms with Crippen molar-refractivity contribution in [3.8, 4) is 11.3 Å². The van der Waals surface area contributed by atoms with Gasteiger partial charge >= 0.3 is 5.91 Å². The lowest BCUT2D eigenvalue weighted by Crippen LogP contribution is -2.17. The summed E-state index contributed by atoms with van der Waals surface area (Å²) >= 11 is 1.60. The first-order valence-corrected chi connectivity index (χ1v) is 9.79. The number of carbonyl (C=O) groups is 1. The van der Waals surface area contributed by atoms with Gasteiger partial charge in [-0.2, -0.15) is 4.99 Å². The summed E-state index contributed by atoms with van der Waals surface area (Å²) in [6, 6.07) is 9.89. The van der Waals surface area contributed by atoms with Gasteiger partial charge in [0.25, 0.3) is 0 Å². The van der Waals surface area contributed by atoms with Crippen LogP contribution in [0.4, 0.5) is 0 Å². The molecule has 0 N–H and O–H groups in total. The molecule has 2 aromatic heterocycles. The van der Waals surface area contributed by atoms with Crippen LogP contribution in [0.1, 0.15) is 46.8 Å². The molecule has 26 heavy (non-hydrogen) atoms. The van der Waals surface area contributed by atoms with Crippen LogP contribution in [-0.2, 0) is 13.0 Å². The number of benzene rings is 1. The van der Waals surface area contributed by atoms with Gasteiger partial charge in [0.15, 0.2) is 10.6 Å². The van der Waals surface area contributed by atoms with Gasteiger partial charge in [-0.1, -0.05) is 25.5 Å². The quantitative estimate of drug-likeness (QED) is 0.626. The minimum Gasteiger partial charge on any atom is -0.459 e. The molecule has 0 unspecified atom stereocenters. The zero-order valence-electron chi connectivity index (χ0n) is 15.7. The topological polar surface area (TPSA) is 47.5 Å². The number of aromatic nitrogens is 1. The van der Waals surface area contributed by atoms with Crippen molar-refractivity contribution in [2.45, 2.75) is 47.1 Å². The maximum absolute atomic E-state index is 12.4. The highest BCUT2D eigenvalue weighted by atomic mass is 32.1. The predicted octanol–water partition coefficient (Wildman–Crippen LogP) is 5.14. The monoisotopic (exact) mass is 368 g/mol. The van der Waals surface area contributed by atoms with Crippen molar-refractivity contribution in [1.82, 2.24) is 4.57 Å². The number of thiazole rings is 1. The number of amides is 1. The van der Waals surface area contributed by atoms with E-state index in [1.54, 1.807) is 23.5 Å². The summed E-state index contributed by atoms with van der Waals surface area (Å²) < 4.78 is 7.33. The smallest absolute Gasteiger partial charge is 0.315 e. The molecule has 1 amide bonds. The fourth-order valence-electron chi connectivity index (χ4n) is 2.98. The number of hydrogen-bond acceptors (Lipinski definition) is 3. The normalized spacial score (nSPS) is 11.9. The minimum absolute atomic E-state index is 0.269. The van der Waals surface area contributed by atoms with Crippen molar-refractivity contribution in [2.75, 3.05) is 0 Å². The summed E-state index contributed by atoms with van der Waals surface area (Å²) in [4.78, 5) is 18.7. The van der Waals surface area contributed by atoms with E-state index < -0.39 is 0 Å². The number of hydrogen-bond donors (Lipinski definition) is 0. The summed E-state index contributed by atoms with van der Waals surface area (Å²) in [5.74, 6) is -0.0704. The number of aryl methyl sites for hydroxylation is 3. The molecule has 0 saturated heterocycles. The summed E-state index contributed by atoms with van der Waals surface area (Å²) in [5, 5.41) is 0. The Hall–Kier alpha value is -2.40. The summed E-state index contributed by atoms with van der Waals surface area (Å²) in [7, 11) is 0. The van der Waals surface area contributed by atoms with Crippen LogP contribution >= 0.6 is 11.3 Å². The first-order chi connectivity index (χ1) is 12.5. The first-order valence-electron chi connectivity index (χ1n) is 8.97. The Labute approximate surface area is 157 Å². The molecule has 0 bridgehead atoms. The predicted molar refractivity (Wildman–Crippen MR) is 105 cm³/mol. The Balaban J connectivity index is 2.18. The Morgan fingerprint density at radius 1 is 1.19 bits per heavy atom. The van der Waals surface area contributed by atoms with Crippen molar-refractivity contribution in [3.63, 3.8) is 0 Å². The Kier molecular flexibility index (Phi) is 5.57. The molecule has 3 rings (SSSR count). The highest BCUT2D eigenvalue weighted by Gasteiger charge is 2.16. The molecule has 2 heterocycles. The fraction of sp³-hybridized carbons (Fsp3) is 0.333. The second kappa shape index (κ2) is 7.87. The Bertz CT molecular complexity index is 978. The van der Waals surface area contributed by atoms with Gasteiger partial charge in [-0.05, 0) is 62.1 Å². The van der Waals surface area contributed by atoms with Gasteiger partial charge in [0.05, 0.1) is 12.0 Å². The van der Waals surface area contributed by atoms with E-state index in [2.05, 4.69) is 55.5 Å². The molecule has 0 atom stereocenters. The number of furan rings is 1. The lowest BCUT2D eigenvalue weighted by molar-refractivity contribution is 0.0971. The summed E-state index contributed by atoms with van der Waals surface area (Å²) in [6.45, 7) is 9.27. The average molecular weight is 369 g/mol. The highest BCUT2D eigenvalue weighted by molar-refractivity contribution is 7.09. The SMILES string of the molecule is CCCc1sc(=NC(=O)c2ccco2)n(CC)c1-c1ccc(C)c(C)c1. The maximum atomic E-state index is 12.4. The first kappa shape index (κ1) is 18.4. The third-order valence-electron chi connectivity index (χ3n) is 4.48. The van der Waals surface area contributed by atoms with Crippen molar-refractivity contribution >= 4 is 17.2 Å². The summed E-state index contributed by atoms with van der Waals surface area (Å²) in [5.41, 5.74) is 4.90. The molecule has 0 saturated carbocycles. The van der Waals surface area contributed by atoms with Gasteiger partial charge in [0.1, 0.15) is 0 Å². The van der Waals surface area contributed by atoms with E-state index in [9.17, 15) is 4.79 Å². The molecular formula is C21H24N2O2S. The van der Waals surface area contributed by atoms with Crippen LogP contribution < -0.4 is 4.80 Å². The highest BCUT2D eigenvalue weighted by Crippen LogP contribution is 2.29.